The number of esters is 1. The van der Waals surface area contributed by atoms with Gasteiger partial charge in [-0.2, -0.15) is 0 Å². The summed E-state index contributed by atoms with van der Waals surface area (Å²) in [6.07, 6.45) is 0.863. The summed E-state index contributed by atoms with van der Waals surface area (Å²) in [6.45, 7) is 7.74. The van der Waals surface area contributed by atoms with E-state index < -0.39 is 0 Å². The van der Waals surface area contributed by atoms with E-state index in [1.807, 2.05) is 0 Å². The second kappa shape index (κ2) is 9.64. The van der Waals surface area contributed by atoms with Crippen molar-refractivity contribution in [2.75, 3.05) is 32.0 Å². The molecule has 0 aliphatic heterocycles. The fraction of sp³-hybridized carbons (Fsp3) is 0.500. The largest absolute Gasteiger partial charge is 0.462 e. The highest BCUT2D eigenvalue weighted by Crippen LogP contribution is 2.07. The van der Waals surface area contributed by atoms with E-state index in [-0.39, 0.29) is 18.4 Å². The average molecular weight is 287 g/mol. The van der Waals surface area contributed by atoms with Gasteiger partial charge >= 0.3 is 5.97 Å². The van der Waals surface area contributed by atoms with Gasteiger partial charge in [-0.25, -0.2) is 4.79 Å². The van der Waals surface area contributed by atoms with Crippen LogP contribution in [0.25, 0.3) is 0 Å². The number of carbonyl (C=O) groups is 1. The average Bonchev–Trinajstić information content (AvgIpc) is 2.39. The summed E-state index contributed by atoms with van der Waals surface area (Å²) in [7, 11) is 0. The Balaban J connectivity index is 0.00000324. The lowest BCUT2D eigenvalue weighted by molar-refractivity contribution is 0.0489. The summed E-state index contributed by atoms with van der Waals surface area (Å²) in [6, 6.07) is 6.77. The third-order valence-electron chi connectivity index (χ3n) is 2.89. The number of hydrogen-bond donors (Lipinski definition) is 1. The first-order valence-corrected chi connectivity index (χ1v) is 6.42. The number of benzene rings is 1. The molecule has 4 nitrogen and oxygen atoms in total. The van der Waals surface area contributed by atoms with Gasteiger partial charge in [0.2, 0.25) is 0 Å². The molecule has 0 radical (unpaired) electrons. The van der Waals surface area contributed by atoms with Crippen molar-refractivity contribution in [2.24, 2.45) is 0 Å². The SMILES string of the molecule is CCN(CC)CCCOC(=O)c1ccc(N)cc1.Cl. The Morgan fingerprint density at radius 2 is 1.79 bits per heavy atom. The second-order valence-electron chi connectivity index (χ2n) is 4.14. The Kier molecular flexibility index (Phi) is 9.00. The highest BCUT2D eigenvalue weighted by Gasteiger charge is 2.06. The number of anilines is 1. The van der Waals surface area contributed by atoms with Crippen molar-refractivity contribution in [3.05, 3.63) is 29.8 Å². The van der Waals surface area contributed by atoms with Crippen LogP contribution >= 0.6 is 12.4 Å². The molecule has 0 aliphatic rings. The summed E-state index contributed by atoms with van der Waals surface area (Å²) in [5.74, 6) is -0.283. The zero-order valence-electron chi connectivity index (χ0n) is 11.6. The van der Waals surface area contributed by atoms with Crippen LogP contribution < -0.4 is 5.73 Å². The summed E-state index contributed by atoms with van der Waals surface area (Å²) in [5, 5.41) is 0. The first-order chi connectivity index (χ1) is 8.67. The highest BCUT2D eigenvalue weighted by atomic mass is 35.5. The lowest BCUT2D eigenvalue weighted by atomic mass is 10.2. The van der Waals surface area contributed by atoms with Crippen LogP contribution in [0.4, 0.5) is 5.69 Å². The minimum atomic E-state index is -0.283. The van der Waals surface area contributed by atoms with E-state index in [0.717, 1.165) is 26.1 Å². The van der Waals surface area contributed by atoms with Gasteiger partial charge in [0.15, 0.2) is 0 Å². The van der Waals surface area contributed by atoms with Gasteiger partial charge in [-0.05, 0) is 43.8 Å². The van der Waals surface area contributed by atoms with Crippen molar-refractivity contribution in [3.8, 4) is 0 Å². The number of ether oxygens (including phenoxy) is 1. The normalized spacial score (nSPS) is 10.1. The minimum Gasteiger partial charge on any atom is -0.462 e. The lowest BCUT2D eigenvalue weighted by Gasteiger charge is -2.17. The summed E-state index contributed by atoms with van der Waals surface area (Å²) < 4.78 is 5.20. The van der Waals surface area contributed by atoms with Crippen molar-refractivity contribution < 1.29 is 9.53 Å². The number of nitrogens with two attached hydrogens (primary N) is 1. The quantitative estimate of drug-likeness (QED) is 0.475. The molecule has 0 heterocycles. The van der Waals surface area contributed by atoms with Gasteiger partial charge in [0.1, 0.15) is 0 Å². The van der Waals surface area contributed by atoms with Crippen molar-refractivity contribution in [1.82, 2.24) is 4.90 Å². The predicted molar refractivity (Wildman–Crippen MR) is 80.8 cm³/mol. The van der Waals surface area contributed by atoms with Gasteiger partial charge in [-0.1, -0.05) is 13.8 Å². The molecule has 1 rings (SSSR count). The van der Waals surface area contributed by atoms with Crippen LogP contribution in [0.15, 0.2) is 24.3 Å². The third-order valence-corrected chi connectivity index (χ3v) is 2.89. The van der Waals surface area contributed by atoms with Crippen LogP contribution in [0.5, 0.6) is 0 Å². The molecule has 0 saturated carbocycles. The van der Waals surface area contributed by atoms with Crippen molar-refractivity contribution in [1.29, 1.82) is 0 Å². The molecular weight excluding hydrogens is 264 g/mol. The zero-order chi connectivity index (χ0) is 13.4. The molecule has 1 aromatic rings. The van der Waals surface area contributed by atoms with Crippen molar-refractivity contribution in [2.45, 2.75) is 20.3 Å². The fourth-order valence-electron chi connectivity index (χ4n) is 1.70. The summed E-state index contributed by atoms with van der Waals surface area (Å²) in [4.78, 5) is 14.0. The van der Waals surface area contributed by atoms with Crippen molar-refractivity contribution in [3.63, 3.8) is 0 Å². The maximum Gasteiger partial charge on any atom is 0.338 e. The molecule has 0 aromatic heterocycles. The molecule has 0 unspecified atom stereocenters. The van der Waals surface area contributed by atoms with Crippen LogP contribution in [-0.4, -0.2) is 37.1 Å². The van der Waals surface area contributed by atoms with Crippen LogP contribution in [-0.2, 0) is 4.74 Å². The Labute approximate surface area is 121 Å². The van der Waals surface area contributed by atoms with Gasteiger partial charge in [0.05, 0.1) is 12.2 Å². The van der Waals surface area contributed by atoms with Gasteiger partial charge in [-0.15, -0.1) is 12.4 Å². The number of carbonyl (C=O) groups excluding carboxylic acids is 1. The Morgan fingerprint density at radius 3 is 2.32 bits per heavy atom. The van der Waals surface area contributed by atoms with Crippen LogP contribution in [0.1, 0.15) is 30.6 Å². The van der Waals surface area contributed by atoms with Gasteiger partial charge in [0.25, 0.3) is 0 Å². The maximum absolute atomic E-state index is 11.7. The molecule has 0 bridgehead atoms. The fourth-order valence-corrected chi connectivity index (χ4v) is 1.70. The van der Waals surface area contributed by atoms with Gasteiger partial charge in [0, 0.05) is 12.2 Å². The van der Waals surface area contributed by atoms with Crippen molar-refractivity contribution >= 4 is 24.1 Å². The van der Waals surface area contributed by atoms with Crippen LogP contribution in [0.3, 0.4) is 0 Å². The molecule has 0 fully saturated rings. The number of rotatable bonds is 7. The molecule has 1 aromatic carbocycles. The molecule has 2 N–H and O–H groups in total. The highest BCUT2D eigenvalue weighted by molar-refractivity contribution is 5.89. The molecule has 0 atom stereocenters. The Morgan fingerprint density at radius 1 is 1.21 bits per heavy atom. The van der Waals surface area contributed by atoms with Crippen LogP contribution in [0.2, 0.25) is 0 Å². The zero-order valence-corrected chi connectivity index (χ0v) is 12.4. The van der Waals surface area contributed by atoms with E-state index >= 15 is 0 Å². The summed E-state index contributed by atoms with van der Waals surface area (Å²) in [5.41, 5.74) is 6.75. The standard InChI is InChI=1S/C14H22N2O2.ClH/c1-3-16(4-2)10-5-11-18-14(17)12-6-8-13(15)9-7-12;/h6-9H,3-5,10-11,15H2,1-2H3;1H. The van der Waals surface area contributed by atoms with Crippen LogP contribution in [0, 0.1) is 0 Å². The maximum atomic E-state index is 11.7. The van der Waals surface area contributed by atoms with Gasteiger partial charge in [-0.3, -0.25) is 0 Å². The Hall–Kier alpha value is -1.26. The van der Waals surface area contributed by atoms with E-state index in [0.29, 0.717) is 17.9 Å². The third kappa shape index (κ3) is 6.45. The van der Waals surface area contributed by atoms with Gasteiger partial charge < -0.3 is 15.4 Å². The molecular formula is C14H23ClN2O2. The Bertz CT molecular complexity index is 364. The molecule has 5 heteroatoms. The van der Waals surface area contributed by atoms with E-state index in [4.69, 9.17) is 10.5 Å². The molecule has 0 spiro atoms. The first kappa shape index (κ1) is 17.7. The molecule has 0 amide bonds. The smallest absolute Gasteiger partial charge is 0.338 e. The molecule has 0 saturated heterocycles. The molecule has 0 aliphatic carbocycles. The second-order valence-corrected chi connectivity index (χ2v) is 4.14. The van der Waals surface area contributed by atoms with E-state index in [1.165, 1.54) is 0 Å². The number of nitrogens with zero attached hydrogens (tertiary/aromatic N) is 1. The number of halogens is 1. The topological polar surface area (TPSA) is 55.6 Å². The summed E-state index contributed by atoms with van der Waals surface area (Å²) >= 11 is 0. The molecule has 108 valence electrons. The minimum absolute atomic E-state index is 0. The van der Waals surface area contributed by atoms with E-state index in [1.54, 1.807) is 24.3 Å². The molecule has 19 heavy (non-hydrogen) atoms. The monoisotopic (exact) mass is 286 g/mol. The lowest BCUT2D eigenvalue weighted by Crippen LogP contribution is -2.25. The van der Waals surface area contributed by atoms with E-state index in [2.05, 4.69) is 18.7 Å². The number of hydrogen-bond acceptors (Lipinski definition) is 4. The number of nitrogen functional groups attached to an aromatic ring is 1. The predicted octanol–water partition coefficient (Wildman–Crippen LogP) is 2.58. The first-order valence-electron chi connectivity index (χ1n) is 6.42. The van der Waals surface area contributed by atoms with E-state index in [9.17, 15) is 4.79 Å².